The third-order valence-corrected chi connectivity index (χ3v) is 6.02. The van der Waals surface area contributed by atoms with Gasteiger partial charge in [0.1, 0.15) is 0 Å². The van der Waals surface area contributed by atoms with E-state index in [-0.39, 0.29) is 0 Å². The molecule has 3 atom stereocenters. The average Bonchev–Trinajstić information content (AvgIpc) is 3.01. The fourth-order valence-corrected chi connectivity index (χ4v) is 4.52. The minimum absolute atomic E-state index is 0.569. The molecule has 2 aliphatic heterocycles. The fraction of sp³-hybridized carbons (Fsp3) is 0.812. The van der Waals surface area contributed by atoms with Gasteiger partial charge in [0.25, 0.3) is 0 Å². The van der Waals surface area contributed by atoms with Crippen molar-refractivity contribution in [1.82, 2.24) is 14.8 Å². The summed E-state index contributed by atoms with van der Waals surface area (Å²) in [7, 11) is 0. The van der Waals surface area contributed by atoms with Gasteiger partial charge in [-0.3, -0.25) is 9.80 Å². The Morgan fingerprint density at radius 2 is 2.30 bits per heavy atom. The molecule has 0 radical (unpaired) electrons. The summed E-state index contributed by atoms with van der Waals surface area (Å²) < 4.78 is 0. The van der Waals surface area contributed by atoms with Crippen LogP contribution in [-0.2, 0) is 0 Å². The summed E-state index contributed by atoms with van der Waals surface area (Å²) in [6.45, 7) is 9.74. The number of piperazine rings is 1. The van der Waals surface area contributed by atoms with Crippen LogP contribution in [0.3, 0.4) is 0 Å². The highest BCUT2D eigenvalue weighted by molar-refractivity contribution is 7.09. The number of rotatable bonds is 4. The lowest BCUT2D eigenvalue weighted by Gasteiger charge is -2.49. The Balaban J connectivity index is 1.64. The van der Waals surface area contributed by atoms with Crippen molar-refractivity contribution in [2.45, 2.75) is 57.5 Å². The number of piperidine rings is 1. The summed E-state index contributed by atoms with van der Waals surface area (Å²) in [6.07, 6.45) is 7.44. The third-order valence-electron chi connectivity index (χ3n) is 5.01. The zero-order valence-electron chi connectivity index (χ0n) is 12.8. The van der Waals surface area contributed by atoms with Crippen LogP contribution in [0.4, 0.5) is 0 Å². The average molecular weight is 293 g/mol. The molecule has 0 aromatic carbocycles. The fourth-order valence-electron chi connectivity index (χ4n) is 3.83. The van der Waals surface area contributed by atoms with E-state index in [4.69, 9.17) is 0 Å². The van der Waals surface area contributed by atoms with Crippen molar-refractivity contribution in [2.24, 2.45) is 0 Å². The van der Waals surface area contributed by atoms with Crippen molar-refractivity contribution in [3.05, 3.63) is 16.6 Å². The smallest absolute Gasteiger partial charge is 0.0965 e. The molecule has 1 aromatic rings. The summed E-state index contributed by atoms with van der Waals surface area (Å²) in [5.74, 6) is 0.569. The van der Waals surface area contributed by atoms with Gasteiger partial charge >= 0.3 is 0 Å². The molecule has 3 heterocycles. The van der Waals surface area contributed by atoms with Gasteiger partial charge in [0.05, 0.1) is 5.01 Å². The molecule has 3 unspecified atom stereocenters. The Labute approximate surface area is 127 Å². The highest BCUT2D eigenvalue weighted by atomic mass is 32.1. The Morgan fingerprint density at radius 1 is 1.40 bits per heavy atom. The lowest BCUT2D eigenvalue weighted by molar-refractivity contribution is 0.00534. The molecule has 2 aliphatic rings. The quantitative estimate of drug-likeness (QED) is 0.850. The van der Waals surface area contributed by atoms with E-state index in [1.807, 2.05) is 6.20 Å². The first-order chi connectivity index (χ1) is 9.78. The maximum absolute atomic E-state index is 4.50. The van der Waals surface area contributed by atoms with E-state index in [0.29, 0.717) is 5.92 Å². The zero-order valence-corrected chi connectivity index (χ0v) is 13.6. The van der Waals surface area contributed by atoms with E-state index < -0.39 is 0 Å². The van der Waals surface area contributed by atoms with Crippen LogP contribution in [0.1, 0.15) is 50.5 Å². The van der Waals surface area contributed by atoms with Gasteiger partial charge in [-0.1, -0.05) is 20.3 Å². The summed E-state index contributed by atoms with van der Waals surface area (Å²) in [5, 5.41) is 3.40. The molecule has 2 saturated heterocycles. The van der Waals surface area contributed by atoms with E-state index in [1.165, 1.54) is 56.9 Å². The highest BCUT2D eigenvalue weighted by Gasteiger charge is 2.34. The Hall–Kier alpha value is -0.450. The number of hydrogen-bond donors (Lipinski definition) is 0. The number of fused-ring (bicyclic) bond motifs is 1. The van der Waals surface area contributed by atoms with Crippen molar-refractivity contribution in [1.29, 1.82) is 0 Å². The van der Waals surface area contributed by atoms with Crippen molar-refractivity contribution >= 4 is 11.3 Å². The second-order valence-electron chi connectivity index (χ2n) is 6.43. The van der Waals surface area contributed by atoms with Gasteiger partial charge in [-0.15, -0.1) is 11.3 Å². The SMILES string of the molecule is CCC1CN2CCCCC2CN1CC(C)c1nccs1. The maximum atomic E-state index is 4.50. The molecule has 0 bridgehead atoms. The van der Waals surface area contributed by atoms with Crippen LogP contribution in [0.5, 0.6) is 0 Å². The monoisotopic (exact) mass is 293 g/mol. The lowest BCUT2D eigenvalue weighted by atomic mass is 9.95. The normalized spacial score (nSPS) is 30.1. The zero-order chi connectivity index (χ0) is 13.9. The molecular formula is C16H27N3S. The van der Waals surface area contributed by atoms with Gasteiger partial charge < -0.3 is 0 Å². The maximum Gasteiger partial charge on any atom is 0.0965 e. The van der Waals surface area contributed by atoms with Crippen LogP contribution < -0.4 is 0 Å². The number of nitrogens with zero attached hydrogens (tertiary/aromatic N) is 3. The second kappa shape index (κ2) is 6.54. The molecule has 3 nitrogen and oxygen atoms in total. The van der Waals surface area contributed by atoms with E-state index >= 15 is 0 Å². The molecule has 1 aromatic heterocycles. The molecule has 0 spiro atoms. The van der Waals surface area contributed by atoms with Crippen molar-refractivity contribution < 1.29 is 0 Å². The minimum Gasteiger partial charge on any atom is -0.298 e. The third kappa shape index (κ3) is 3.07. The summed E-state index contributed by atoms with van der Waals surface area (Å²) in [4.78, 5) is 10.00. The van der Waals surface area contributed by atoms with Crippen LogP contribution in [0, 0.1) is 0 Å². The van der Waals surface area contributed by atoms with E-state index in [2.05, 4.69) is 34.0 Å². The first-order valence-corrected chi connectivity index (χ1v) is 9.03. The Kier molecular flexibility index (Phi) is 4.74. The predicted molar refractivity (Wildman–Crippen MR) is 85.4 cm³/mol. The summed E-state index contributed by atoms with van der Waals surface area (Å²) in [6, 6.07) is 1.56. The van der Waals surface area contributed by atoms with Crippen LogP contribution >= 0.6 is 11.3 Å². The topological polar surface area (TPSA) is 19.4 Å². The number of aromatic nitrogens is 1. The lowest BCUT2D eigenvalue weighted by Crippen LogP contribution is -2.59. The Morgan fingerprint density at radius 3 is 3.05 bits per heavy atom. The molecule has 112 valence electrons. The largest absolute Gasteiger partial charge is 0.298 e. The van der Waals surface area contributed by atoms with Crippen molar-refractivity contribution in [2.75, 3.05) is 26.2 Å². The first-order valence-electron chi connectivity index (χ1n) is 8.15. The van der Waals surface area contributed by atoms with Gasteiger partial charge in [0, 0.05) is 49.2 Å². The molecule has 0 aliphatic carbocycles. The predicted octanol–water partition coefficient (Wildman–Crippen LogP) is 3.20. The van der Waals surface area contributed by atoms with E-state index in [9.17, 15) is 0 Å². The van der Waals surface area contributed by atoms with Gasteiger partial charge in [0.15, 0.2) is 0 Å². The summed E-state index contributed by atoms with van der Waals surface area (Å²) >= 11 is 1.80. The molecule has 0 N–H and O–H groups in total. The van der Waals surface area contributed by atoms with Crippen molar-refractivity contribution in [3.63, 3.8) is 0 Å². The molecular weight excluding hydrogens is 266 g/mol. The second-order valence-corrected chi connectivity index (χ2v) is 7.36. The van der Waals surface area contributed by atoms with Crippen LogP contribution in [0.2, 0.25) is 0 Å². The van der Waals surface area contributed by atoms with Crippen LogP contribution in [0.25, 0.3) is 0 Å². The van der Waals surface area contributed by atoms with Crippen LogP contribution in [0.15, 0.2) is 11.6 Å². The van der Waals surface area contributed by atoms with Gasteiger partial charge in [-0.25, -0.2) is 4.98 Å². The van der Waals surface area contributed by atoms with E-state index in [1.54, 1.807) is 11.3 Å². The molecule has 3 rings (SSSR count). The minimum atomic E-state index is 0.569. The van der Waals surface area contributed by atoms with Gasteiger partial charge in [0.2, 0.25) is 0 Å². The number of hydrogen-bond acceptors (Lipinski definition) is 4. The number of thiazole rings is 1. The molecule has 0 amide bonds. The molecule has 2 fully saturated rings. The first kappa shape index (κ1) is 14.5. The summed E-state index contributed by atoms with van der Waals surface area (Å²) in [5.41, 5.74) is 0. The van der Waals surface area contributed by atoms with Crippen LogP contribution in [-0.4, -0.2) is 53.0 Å². The molecule has 20 heavy (non-hydrogen) atoms. The molecule has 0 saturated carbocycles. The highest BCUT2D eigenvalue weighted by Crippen LogP contribution is 2.28. The molecule has 4 heteroatoms. The van der Waals surface area contributed by atoms with E-state index in [0.717, 1.165) is 12.1 Å². The Bertz CT molecular complexity index is 406. The standard InChI is InChI=1S/C16H27N3S/c1-3-14-11-18-8-5-4-6-15(18)12-19(14)10-13(2)16-17-7-9-20-16/h7,9,13-15H,3-6,8,10-12H2,1-2H3. The van der Waals surface area contributed by atoms with Gasteiger partial charge in [-0.05, 0) is 25.8 Å². The van der Waals surface area contributed by atoms with Crippen molar-refractivity contribution in [3.8, 4) is 0 Å². The van der Waals surface area contributed by atoms with Gasteiger partial charge in [-0.2, -0.15) is 0 Å².